The van der Waals surface area contributed by atoms with Gasteiger partial charge in [0.15, 0.2) is 5.13 Å². The Labute approximate surface area is 221 Å². The maximum Gasteiger partial charge on any atom is 0.266 e. The number of methoxy groups -OCH3 is 1. The highest BCUT2D eigenvalue weighted by Crippen LogP contribution is 2.34. The van der Waals surface area contributed by atoms with Crippen LogP contribution in [0, 0.1) is 0 Å². The number of ether oxygens (including phenoxy) is 1. The maximum atomic E-state index is 12.8. The molecule has 1 aliphatic rings. The molecule has 2 heterocycles. The van der Waals surface area contributed by atoms with Crippen molar-refractivity contribution in [3.63, 3.8) is 0 Å². The molecule has 2 amide bonds. The van der Waals surface area contributed by atoms with Gasteiger partial charge in [0.1, 0.15) is 10.1 Å². The fraction of sp³-hybridized carbons (Fsp3) is 0.130. The first-order valence-electron chi connectivity index (χ1n) is 10.5. The topological polar surface area (TPSA) is 118 Å². The second-order valence-electron chi connectivity index (χ2n) is 7.34. The number of aromatic nitrogens is 1. The molecule has 1 aliphatic heterocycles. The third-order valence-electron chi connectivity index (χ3n) is 4.96. The fourth-order valence-electron chi connectivity index (χ4n) is 3.22. The minimum absolute atomic E-state index is 0.0139. The van der Waals surface area contributed by atoms with E-state index in [0.29, 0.717) is 20.7 Å². The van der Waals surface area contributed by atoms with Gasteiger partial charge < -0.3 is 10.1 Å². The van der Waals surface area contributed by atoms with Crippen LogP contribution in [0.15, 0.2) is 69.9 Å². The molecular formula is C23H20N4O5S4. The van der Waals surface area contributed by atoms with E-state index < -0.39 is 10.0 Å². The number of benzene rings is 2. The summed E-state index contributed by atoms with van der Waals surface area (Å²) in [4.78, 5) is 31.1. The Bertz CT molecular complexity index is 1420. The summed E-state index contributed by atoms with van der Waals surface area (Å²) in [6.07, 6.45) is 3.23. The second-order valence-corrected chi connectivity index (χ2v) is 11.6. The number of thiazole rings is 1. The van der Waals surface area contributed by atoms with E-state index in [1.54, 1.807) is 24.6 Å². The summed E-state index contributed by atoms with van der Waals surface area (Å²) in [5.41, 5.74) is 1.18. The number of amides is 2. The minimum Gasteiger partial charge on any atom is -0.496 e. The van der Waals surface area contributed by atoms with Crippen LogP contribution in [-0.4, -0.2) is 48.1 Å². The van der Waals surface area contributed by atoms with Crippen LogP contribution < -0.4 is 14.8 Å². The molecule has 186 valence electrons. The number of thiocarbonyl (C=S) groups is 1. The van der Waals surface area contributed by atoms with Crippen LogP contribution in [0.25, 0.3) is 6.08 Å². The molecule has 1 saturated heterocycles. The van der Waals surface area contributed by atoms with Gasteiger partial charge in [0, 0.05) is 35.8 Å². The lowest BCUT2D eigenvalue weighted by Crippen LogP contribution is -2.31. The highest BCUT2D eigenvalue weighted by Gasteiger charge is 2.32. The number of hydrogen-bond acceptors (Lipinski definition) is 9. The molecule has 0 aliphatic carbocycles. The van der Waals surface area contributed by atoms with E-state index in [2.05, 4.69) is 15.0 Å². The highest BCUT2D eigenvalue weighted by atomic mass is 32.2. The zero-order chi connectivity index (χ0) is 25.7. The molecule has 4 rings (SSSR count). The quantitative estimate of drug-likeness (QED) is 0.296. The molecular weight excluding hydrogens is 541 g/mol. The van der Waals surface area contributed by atoms with Gasteiger partial charge in [0.2, 0.25) is 5.91 Å². The predicted octanol–water partition coefficient (Wildman–Crippen LogP) is 4.18. The van der Waals surface area contributed by atoms with Crippen LogP contribution in [0.5, 0.6) is 5.75 Å². The molecule has 3 aromatic rings. The van der Waals surface area contributed by atoms with E-state index in [9.17, 15) is 18.0 Å². The fourth-order valence-corrected chi connectivity index (χ4v) is 6.31. The first-order chi connectivity index (χ1) is 17.3. The van der Waals surface area contributed by atoms with Gasteiger partial charge >= 0.3 is 0 Å². The summed E-state index contributed by atoms with van der Waals surface area (Å²) in [5, 5.41) is 4.63. The molecule has 1 aromatic heterocycles. The summed E-state index contributed by atoms with van der Waals surface area (Å²) in [6, 6.07) is 13.1. The largest absolute Gasteiger partial charge is 0.496 e. The number of thioether (sulfide) groups is 1. The van der Waals surface area contributed by atoms with Crippen LogP contribution >= 0.6 is 35.3 Å². The number of nitrogens with zero attached hydrogens (tertiary/aromatic N) is 2. The third-order valence-corrected chi connectivity index (χ3v) is 8.51. The van der Waals surface area contributed by atoms with E-state index in [1.807, 2.05) is 18.2 Å². The Morgan fingerprint density at radius 2 is 1.94 bits per heavy atom. The van der Waals surface area contributed by atoms with Gasteiger partial charge in [-0.15, -0.1) is 11.3 Å². The first-order valence-corrected chi connectivity index (χ1v) is 14.1. The first kappa shape index (κ1) is 25.8. The SMILES string of the molecule is COc1ccccc1/C=C1\SC(=S)N(CCC(=O)Nc2ccc(S(=O)(=O)Nc3nccs3)cc2)C1=O. The molecule has 1 fully saturated rings. The standard InChI is InChI=1S/C23H20N4O5S4/c1-32-18-5-3-2-4-15(18)14-19-21(29)27(23(33)35-19)12-10-20(28)25-16-6-8-17(9-7-16)36(30,31)26-22-24-11-13-34-22/h2-9,11,13-14H,10,12H2,1H3,(H,24,26)(H,25,28)/b19-14-. The zero-order valence-corrected chi connectivity index (χ0v) is 22.1. The van der Waals surface area contributed by atoms with Gasteiger partial charge in [-0.3, -0.25) is 19.2 Å². The average molecular weight is 561 g/mol. The Morgan fingerprint density at radius 1 is 1.19 bits per heavy atom. The molecule has 0 bridgehead atoms. The van der Waals surface area contributed by atoms with E-state index in [1.165, 1.54) is 58.5 Å². The van der Waals surface area contributed by atoms with Crippen LogP contribution in [0.4, 0.5) is 10.8 Å². The number of anilines is 2. The van der Waals surface area contributed by atoms with Crippen molar-refractivity contribution in [1.82, 2.24) is 9.88 Å². The van der Waals surface area contributed by atoms with Crippen molar-refractivity contribution in [2.45, 2.75) is 11.3 Å². The molecule has 0 unspecified atom stereocenters. The molecule has 9 nitrogen and oxygen atoms in total. The van der Waals surface area contributed by atoms with Gasteiger partial charge in [-0.1, -0.05) is 42.2 Å². The van der Waals surface area contributed by atoms with Gasteiger partial charge in [-0.25, -0.2) is 13.4 Å². The van der Waals surface area contributed by atoms with Gasteiger partial charge in [-0.2, -0.15) is 0 Å². The van der Waals surface area contributed by atoms with Crippen molar-refractivity contribution >= 4 is 78.4 Å². The van der Waals surface area contributed by atoms with Gasteiger partial charge in [0.05, 0.1) is 16.9 Å². The minimum atomic E-state index is -3.78. The van der Waals surface area contributed by atoms with Crippen molar-refractivity contribution in [2.75, 3.05) is 23.7 Å². The number of carbonyl (C=O) groups excluding carboxylic acids is 2. The summed E-state index contributed by atoms with van der Waals surface area (Å²) < 4.78 is 32.9. The van der Waals surface area contributed by atoms with Crippen LogP contribution in [0.1, 0.15) is 12.0 Å². The number of sulfonamides is 1. The average Bonchev–Trinajstić information content (AvgIpc) is 3.45. The van der Waals surface area contributed by atoms with E-state index in [-0.39, 0.29) is 34.8 Å². The summed E-state index contributed by atoms with van der Waals surface area (Å²) in [7, 11) is -2.23. The smallest absolute Gasteiger partial charge is 0.266 e. The monoisotopic (exact) mass is 560 g/mol. The van der Waals surface area contributed by atoms with Crippen molar-refractivity contribution in [1.29, 1.82) is 0 Å². The summed E-state index contributed by atoms with van der Waals surface area (Å²) in [5.74, 6) is 0.0280. The number of nitrogens with one attached hydrogen (secondary N) is 2. The zero-order valence-electron chi connectivity index (χ0n) is 18.8. The molecule has 36 heavy (non-hydrogen) atoms. The van der Waals surface area contributed by atoms with E-state index in [0.717, 1.165) is 5.56 Å². The molecule has 0 spiro atoms. The summed E-state index contributed by atoms with van der Waals surface area (Å²) in [6.45, 7) is 0.115. The Morgan fingerprint density at radius 3 is 2.64 bits per heavy atom. The lowest BCUT2D eigenvalue weighted by Gasteiger charge is -2.14. The number of para-hydroxylation sites is 1. The van der Waals surface area contributed by atoms with Crippen LogP contribution in [-0.2, 0) is 19.6 Å². The third kappa shape index (κ3) is 6.10. The van der Waals surface area contributed by atoms with Crippen molar-refractivity contribution in [3.05, 3.63) is 70.6 Å². The van der Waals surface area contributed by atoms with Crippen LogP contribution in [0.2, 0.25) is 0 Å². The van der Waals surface area contributed by atoms with Crippen molar-refractivity contribution in [2.24, 2.45) is 0 Å². The molecule has 0 atom stereocenters. The van der Waals surface area contributed by atoms with E-state index >= 15 is 0 Å². The predicted molar refractivity (Wildman–Crippen MR) is 145 cm³/mol. The maximum absolute atomic E-state index is 12.8. The molecule has 13 heteroatoms. The normalized spacial score (nSPS) is 14.8. The lowest BCUT2D eigenvalue weighted by molar-refractivity contribution is -0.122. The number of hydrogen-bond donors (Lipinski definition) is 2. The van der Waals surface area contributed by atoms with Crippen molar-refractivity contribution in [3.8, 4) is 5.75 Å². The molecule has 0 saturated carbocycles. The molecule has 2 N–H and O–H groups in total. The highest BCUT2D eigenvalue weighted by molar-refractivity contribution is 8.26. The molecule has 0 radical (unpaired) electrons. The number of carbonyl (C=O) groups is 2. The van der Waals surface area contributed by atoms with Crippen LogP contribution in [0.3, 0.4) is 0 Å². The molecule has 2 aromatic carbocycles. The van der Waals surface area contributed by atoms with Gasteiger partial charge in [-0.05, 0) is 36.4 Å². The Kier molecular flexibility index (Phi) is 8.04. The number of rotatable bonds is 9. The lowest BCUT2D eigenvalue weighted by atomic mass is 10.2. The Balaban J connectivity index is 1.34. The Hall–Kier alpha value is -3.26. The van der Waals surface area contributed by atoms with Gasteiger partial charge in [0.25, 0.3) is 15.9 Å². The second kappa shape index (κ2) is 11.2. The summed E-state index contributed by atoms with van der Waals surface area (Å²) >= 11 is 7.68. The van der Waals surface area contributed by atoms with Crippen molar-refractivity contribution < 1.29 is 22.7 Å². The van der Waals surface area contributed by atoms with E-state index in [4.69, 9.17) is 17.0 Å².